The number of carbonyl (C=O) groups excluding carboxylic acids is 1. The molecule has 26 heavy (non-hydrogen) atoms. The smallest absolute Gasteiger partial charge is 0.301 e. The maximum Gasteiger partial charge on any atom is 0.301 e. The number of hydroxylamine groups is 1. The van der Waals surface area contributed by atoms with E-state index in [2.05, 4.69) is 12.4 Å². The number of nitrogens with zero attached hydrogens (tertiary/aromatic N) is 1. The molecule has 0 bridgehead atoms. The van der Waals surface area contributed by atoms with Gasteiger partial charge in [0.25, 0.3) is 0 Å². The number of rotatable bonds is 18. The molecule has 156 valence electrons. The fraction of sp³-hybridized carbons (Fsp3) is 0.955. The Bertz CT molecular complexity index is 327. The van der Waals surface area contributed by atoms with Crippen LogP contribution in [0.3, 0.4) is 0 Å². The number of likely N-dealkylation sites (N-methyl/N-ethyl adjacent to an activating group) is 1. The van der Waals surface area contributed by atoms with E-state index in [4.69, 9.17) is 4.84 Å². The summed E-state index contributed by atoms with van der Waals surface area (Å²) < 4.78 is 0.605. The van der Waals surface area contributed by atoms with Crippen LogP contribution in [-0.4, -0.2) is 44.2 Å². The Morgan fingerprint density at radius 3 is 1.54 bits per heavy atom. The van der Waals surface area contributed by atoms with Crippen LogP contribution in [0, 0.1) is 0 Å². The first kappa shape index (κ1) is 25.4. The molecule has 0 radical (unpaired) electrons. The van der Waals surface area contributed by atoms with Gasteiger partial charge in [-0.3, -0.25) is 9.63 Å². The third-order valence-electron chi connectivity index (χ3n) is 5.31. The van der Waals surface area contributed by atoms with Crippen LogP contribution in [0.1, 0.15) is 104 Å². The van der Waals surface area contributed by atoms with Gasteiger partial charge in [0, 0.05) is 0 Å². The summed E-state index contributed by atoms with van der Waals surface area (Å²) in [5, 5.41) is 0. The minimum atomic E-state index is -0.105. The largest absolute Gasteiger partial charge is 0.321 e. The summed E-state index contributed by atoms with van der Waals surface area (Å²) in [6, 6.07) is -0.105. The monoisotopic (exact) mass is 371 g/mol. The van der Waals surface area contributed by atoms with Gasteiger partial charge in [0.15, 0.2) is 6.04 Å². The fourth-order valence-electron chi connectivity index (χ4n) is 2.93. The van der Waals surface area contributed by atoms with Gasteiger partial charge in [-0.05, 0) is 13.3 Å². The minimum absolute atomic E-state index is 0.0390. The van der Waals surface area contributed by atoms with E-state index >= 15 is 0 Å². The zero-order valence-electron chi connectivity index (χ0n) is 18.4. The SMILES string of the molecule is CCCCCCCCCCCCCCCCONC(=O)C(C)[N+](C)(C)C. The van der Waals surface area contributed by atoms with Gasteiger partial charge >= 0.3 is 5.91 Å². The number of nitrogens with one attached hydrogen (secondary N) is 1. The minimum Gasteiger partial charge on any atom is -0.321 e. The average molecular weight is 372 g/mol. The summed E-state index contributed by atoms with van der Waals surface area (Å²) >= 11 is 0. The van der Waals surface area contributed by atoms with Gasteiger partial charge in [-0.2, -0.15) is 0 Å². The molecule has 0 aliphatic heterocycles. The molecule has 0 aromatic heterocycles. The molecule has 0 aromatic rings. The third kappa shape index (κ3) is 15.6. The highest BCUT2D eigenvalue weighted by atomic mass is 16.6. The molecule has 0 heterocycles. The van der Waals surface area contributed by atoms with Crippen molar-refractivity contribution in [3.8, 4) is 0 Å². The molecule has 0 saturated heterocycles. The number of hydrogen-bond donors (Lipinski definition) is 1. The first-order valence-corrected chi connectivity index (χ1v) is 11.1. The second-order valence-electron chi connectivity index (χ2n) is 8.70. The highest BCUT2D eigenvalue weighted by Crippen LogP contribution is 2.12. The first-order valence-electron chi connectivity index (χ1n) is 11.1. The second-order valence-corrected chi connectivity index (χ2v) is 8.70. The topological polar surface area (TPSA) is 38.3 Å². The van der Waals surface area contributed by atoms with Gasteiger partial charge in [0.2, 0.25) is 0 Å². The zero-order valence-corrected chi connectivity index (χ0v) is 18.4. The van der Waals surface area contributed by atoms with Crippen LogP contribution in [0.5, 0.6) is 0 Å². The molecular weight excluding hydrogens is 324 g/mol. The highest BCUT2D eigenvalue weighted by Gasteiger charge is 2.26. The van der Waals surface area contributed by atoms with E-state index in [1.54, 1.807) is 0 Å². The molecule has 0 saturated carbocycles. The lowest BCUT2D eigenvalue weighted by molar-refractivity contribution is -0.884. The fourth-order valence-corrected chi connectivity index (χ4v) is 2.93. The maximum atomic E-state index is 11.9. The molecule has 0 spiro atoms. The summed E-state index contributed by atoms with van der Waals surface area (Å²) in [4.78, 5) is 17.2. The van der Waals surface area contributed by atoms with Gasteiger partial charge in [0.1, 0.15) is 0 Å². The molecule has 4 heteroatoms. The Morgan fingerprint density at radius 2 is 1.15 bits per heavy atom. The summed E-state index contributed by atoms with van der Waals surface area (Å²) in [5.74, 6) is -0.0390. The predicted molar refractivity (Wildman–Crippen MR) is 112 cm³/mol. The van der Waals surface area contributed by atoms with Gasteiger partial charge < -0.3 is 4.48 Å². The number of unbranched alkanes of at least 4 members (excludes halogenated alkanes) is 13. The van der Waals surface area contributed by atoms with Crippen LogP contribution < -0.4 is 5.48 Å². The summed E-state index contributed by atoms with van der Waals surface area (Å²) in [7, 11) is 6.04. The van der Waals surface area contributed by atoms with E-state index in [1.165, 1.54) is 83.5 Å². The molecule has 1 unspecified atom stereocenters. The number of carbonyl (C=O) groups is 1. The van der Waals surface area contributed by atoms with Gasteiger partial charge in [-0.15, -0.1) is 0 Å². The highest BCUT2D eigenvalue weighted by molar-refractivity contribution is 5.79. The van der Waals surface area contributed by atoms with Crippen LogP contribution in [0.25, 0.3) is 0 Å². The molecular formula is C22H47N2O2+. The normalized spacial score (nSPS) is 13.0. The van der Waals surface area contributed by atoms with Crippen molar-refractivity contribution in [3.63, 3.8) is 0 Å². The van der Waals surface area contributed by atoms with Crippen molar-refractivity contribution in [1.82, 2.24) is 5.48 Å². The lowest BCUT2D eigenvalue weighted by Gasteiger charge is -2.30. The Labute approximate surface area is 163 Å². The second kappa shape index (κ2) is 16.6. The van der Waals surface area contributed by atoms with Crippen molar-refractivity contribution in [1.29, 1.82) is 0 Å². The van der Waals surface area contributed by atoms with Crippen molar-refractivity contribution in [2.75, 3.05) is 27.7 Å². The lowest BCUT2D eigenvalue weighted by Crippen LogP contribution is -2.52. The van der Waals surface area contributed by atoms with Gasteiger partial charge in [-0.1, -0.05) is 90.4 Å². The third-order valence-corrected chi connectivity index (χ3v) is 5.31. The first-order chi connectivity index (χ1) is 12.4. The number of quaternary nitrogens is 1. The van der Waals surface area contributed by atoms with Crippen molar-refractivity contribution < 1.29 is 14.1 Å². The van der Waals surface area contributed by atoms with Crippen molar-refractivity contribution >= 4 is 5.91 Å². The average Bonchev–Trinajstić information content (AvgIpc) is 2.59. The lowest BCUT2D eigenvalue weighted by atomic mass is 10.0. The predicted octanol–water partition coefficient (Wildman–Crippen LogP) is 5.61. The van der Waals surface area contributed by atoms with Crippen molar-refractivity contribution in [2.24, 2.45) is 0 Å². The van der Waals surface area contributed by atoms with E-state index in [0.717, 1.165) is 6.42 Å². The van der Waals surface area contributed by atoms with Crippen LogP contribution in [0.15, 0.2) is 0 Å². The van der Waals surface area contributed by atoms with E-state index in [0.29, 0.717) is 11.1 Å². The molecule has 0 aliphatic rings. The molecule has 1 N–H and O–H groups in total. The van der Waals surface area contributed by atoms with Crippen LogP contribution >= 0.6 is 0 Å². The quantitative estimate of drug-likeness (QED) is 0.193. The van der Waals surface area contributed by atoms with Crippen LogP contribution in [0.4, 0.5) is 0 Å². The molecule has 0 rings (SSSR count). The Balaban J connectivity index is 3.24. The number of amides is 1. The zero-order chi connectivity index (χ0) is 19.7. The molecule has 0 fully saturated rings. The molecule has 0 aromatic carbocycles. The summed E-state index contributed by atoms with van der Waals surface area (Å²) in [6.07, 6.45) is 18.9. The summed E-state index contributed by atoms with van der Waals surface area (Å²) in [5.41, 5.74) is 2.58. The van der Waals surface area contributed by atoms with Gasteiger partial charge in [0.05, 0.1) is 27.7 Å². The van der Waals surface area contributed by atoms with Crippen LogP contribution in [-0.2, 0) is 9.63 Å². The van der Waals surface area contributed by atoms with Crippen molar-refractivity contribution in [3.05, 3.63) is 0 Å². The summed E-state index contributed by atoms with van der Waals surface area (Å²) in [6.45, 7) is 4.82. The molecule has 4 nitrogen and oxygen atoms in total. The molecule has 1 amide bonds. The van der Waals surface area contributed by atoms with Crippen molar-refractivity contribution in [2.45, 2.75) is 110 Å². The van der Waals surface area contributed by atoms with Crippen LogP contribution in [0.2, 0.25) is 0 Å². The number of hydrogen-bond acceptors (Lipinski definition) is 2. The Hall–Kier alpha value is -0.610. The standard InChI is InChI=1S/C22H46N2O2/c1-6-7-8-9-10-11-12-13-14-15-16-17-18-19-20-26-23-22(25)21(2)24(3,4)5/h21H,6-20H2,1-5H3/p+1. The van der Waals surface area contributed by atoms with E-state index < -0.39 is 0 Å². The Kier molecular flexibility index (Phi) is 16.2. The van der Waals surface area contributed by atoms with E-state index in [9.17, 15) is 4.79 Å². The van der Waals surface area contributed by atoms with E-state index in [1.807, 2.05) is 28.1 Å². The maximum absolute atomic E-state index is 11.9. The molecule has 1 atom stereocenters. The Morgan fingerprint density at radius 1 is 0.769 bits per heavy atom. The molecule has 0 aliphatic carbocycles. The van der Waals surface area contributed by atoms with Gasteiger partial charge in [-0.25, -0.2) is 5.48 Å². The van der Waals surface area contributed by atoms with E-state index in [-0.39, 0.29) is 11.9 Å².